The number of rotatable bonds is 4. The third kappa shape index (κ3) is 3.72. The molecular weight excluding hydrogens is 346 g/mol. The second-order valence-corrected chi connectivity index (χ2v) is 5.80. The minimum atomic E-state index is -0.637. The van der Waals surface area contributed by atoms with Gasteiger partial charge in [0, 0.05) is 17.7 Å². The summed E-state index contributed by atoms with van der Waals surface area (Å²) in [5.41, 5.74) is 4.91. The van der Waals surface area contributed by atoms with E-state index in [1.807, 2.05) is 0 Å². The van der Waals surface area contributed by atoms with Crippen molar-refractivity contribution in [3.63, 3.8) is 0 Å². The minimum Gasteiger partial charge on any atom is -0.451 e. The van der Waals surface area contributed by atoms with Crippen LogP contribution >= 0.6 is 11.3 Å². The molecule has 0 saturated heterocycles. The monoisotopic (exact) mass is 357 g/mol. The van der Waals surface area contributed by atoms with Gasteiger partial charge in [0.05, 0.1) is 9.80 Å². The maximum atomic E-state index is 12.0. The summed E-state index contributed by atoms with van der Waals surface area (Å²) >= 11 is 1.24. The van der Waals surface area contributed by atoms with Crippen LogP contribution in [0.4, 0.5) is 5.69 Å². The lowest BCUT2D eigenvalue weighted by Gasteiger charge is -2.04. The average Bonchev–Trinajstić information content (AvgIpc) is 3.31. The van der Waals surface area contributed by atoms with Crippen molar-refractivity contribution in [2.45, 2.75) is 0 Å². The van der Waals surface area contributed by atoms with Crippen molar-refractivity contribution < 1.29 is 18.9 Å². The van der Waals surface area contributed by atoms with Gasteiger partial charge >= 0.3 is 5.91 Å². The zero-order valence-electron chi connectivity index (χ0n) is 12.6. The highest BCUT2D eigenvalue weighted by Gasteiger charge is 2.15. The molecule has 0 unspecified atom stereocenters. The molecule has 0 spiro atoms. The van der Waals surface area contributed by atoms with Crippen LogP contribution in [-0.2, 0) is 0 Å². The van der Waals surface area contributed by atoms with Gasteiger partial charge in [-0.1, -0.05) is 18.2 Å². The van der Waals surface area contributed by atoms with Gasteiger partial charge in [-0.05, 0) is 23.6 Å². The van der Waals surface area contributed by atoms with Crippen LogP contribution in [-0.4, -0.2) is 16.7 Å². The molecule has 3 rings (SSSR count). The van der Waals surface area contributed by atoms with Gasteiger partial charge < -0.3 is 4.42 Å². The molecule has 3 aromatic rings. The van der Waals surface area contributed by atoms with Crippen molar-refractivity contribution in [1.82, 2.24) is 10.9 Å². The lowest BCUT2D eigenvalue weighted by molar-refractivity contribution is -0.384. The number of nitro benzene ring substituents is 1. The smallest absolute Gasteiger partial charge is 0.305 e. The summed E-state index contributed by atoms with van der Waals surface area (Å²) in [5.74, 6) is -0.804. The summed E-state index contributed by atoms with van der Waals surface area (Å²) < 4.78 is 5.41. The van der Waals surface area contributed by atoms with E-state index < -0.39 is 16.7 Å². The molecule has 9 heteroatoms. The van der Waals surface area contributed by atoms with E-state index in [2.05, 4.69) is 10.9 Å². The van der Waals surface area contributed by atoms with Gasteiger partial charge in [-0.3, -0.25) is 30.6 Å². The molecule has 25 heavy (non-hydrogen) atoms. The Balaban J connectivity index is 1.68. The normalized spacial score (nSPS) is 10.2. The molecule has 0 aliphatic rings. The number of hydrazine groups is 1. The van der Waals surface area contributed by atoms with Crippen LogP contribution in [0.2, 0.25) is 0 Å². The molecule has 0 atom stereocenters. The number of hydrogen-bond donors (Lipinski definition) is 2. The number of nitrogens with one attached hydrogen (secondary N) is 2. The summed E-state index contributed by atoms with van der Waals surface area (Å²) in [6, 6.07) is 12.1. The minimum absolute atomic E-state index is 0.0343. The Labute approximate surface area is 145 Å². The van der Waals surface area contributed by atoms with E-state index in [1.165, 1.54) is 41.7 Å². The fraction of sp³-hybridized carbons (Fsp3) is 0. The molecule has 1 aromatic carbocycles. The number of carbonyl (C=O) groups is 2. The van der Waals surface area contributed by atoms with Crippen LogP contribution < -0.4 is 10.9 Å². The average molecular weight is 357 g/mol. The Morgan fingerprint density at radius 2 is 1.84 bits per heavy atom. The Morgan fingerprint density at radius 3 is 2.56 bits per heavy atom. The fourth-order valence-corrected chi connectivity index (χ4v) is 2.65. The molecule has 126 valence electrons. The summed E-state index contributed by atoms with van der Waals surface area (Å²) in [6.07, 6.45) is 0. The predicted molar refractivity (Wildman–Crippen MR) is 90.0 cm³/mol. The van der Waals surface area contributed by atoms with Gasteiger partial charge in [-0.2, -0.15) is 0 Å². The Bertz CT molecular complexity index is 933. The highest BCUT2D eigenvalue weighted by molar-refractivity contribution is 7.12. The zero-order chi connectivity index (χ0) is 17.8. The number of non-ortho nitro benzene ring substituents is 1. The van der Waals surface area contributed by atoms with Gasteiger partial charge in [0.15, 0.2) is 5.76 Å². The van der Waals surface area contributed by atoms with E-state index in [0.29, 0.717) is 16.2 Å². The van der Waals surface area contributed by atoms with Crippen molar-refractivity contribution in [1.29, 1.82) is 0 Å². The maximum absolute atomic E-state index is 12.0. The third-order valence-corrected chi connectivity index (χ3v) is 4.07. The van der Waals surface area contributed by atoms with E-state index in [4.69, 9.17) is 4.42 Å². The van der Waals surface area contributed by atoms with E-state index in [1.54, 1.807) is 23.6 Å². The number of nitro groups is 1. The number of amides is 2. The number of thiophene rings is 1. The van der Waals surface area contributed by atoms with Gasteiger partial charge in [-0.25, -0.2) is 0 Å². The van der Waals surface area contributed by atoms with E-state index in [0.717, 1.165) is 0 Å². The number of nitrogens with zero attached hydrogens (tertiary/aromatic N) is 1. The fourth-order valence-electron chi connectivity index (χ4n) is 2.03. The first-order valence-corrected chi connectivity index (χ1v) is 7.91. The van der Waals surface area contributed by atoms with Crippen molar-refractivity contribution in [3.05, 3.63) is 74.7 Å². The van der Waals surface area contributed by atoms with Crippen LogP contribution in [0.15, 0.2) is 58.3 Å². The topological polar surface area (TPSA) is 114 Å². The highest BCUT2D eigenvalue weighted by atomic mass is 32.1. The first kappa shape index (κ1) is 16.4. The van der Waals surface area contributed by atoms with Crippen LogP contribution in [0, 0.1) is 10.1 Å². The van der Waals surface area contributed by atoms with Crippen LogP contribution in [0.3, 0.4) is 0 Å². The van der Waals surface area contributed by atoms with Crippen molar-refractivity contribution in [2.75, 3.05) is 0 Å². The molecule has 0 fully saturated rings. The molecule has 2 N–H and O–H groups in total. The van der Waals surface area contributed by atoms with E-state index >= 15 is 0 Å². The largest absolute Gasteiger partial charge is 0.451 e. The maximum Gasteiger partial charge on any atom is 0.305 e. The molecule has 2 amide bonds. The van der Waals surface area contributed by atoms with Crippen molar-refractivity contribution in [2.24, 2.45) is 0 Å². The van der Waals surface area contributed by atoms with Gasteiger partial charge in [-0.15, -0.1) is 11.3 Å². The molecule has 2 heterocycles. The van der Waals surface area contributed by atoms with Crippen LogP contribution in [0.25, 0.3) is 11.3 Å². The van der Waals surface area contributed by atoms with Crippen LogP contribution in [0.5, 0.6) is 0 Å². The highest BCUT2D eigenvalue weighted by Crippen LogP contribution is 2.25. The van der Waals surface area contributed by atoms with Gasteiger partial charge in [0.25, 0.3) is 11.6 Å². The second kappa shape index (κ2) is 6.97. The number of furan rings is 1. The third-order valence-electron chi connectivity index (χ3n) is 3.21. The Hall–Kier alpha value is -3.46. The summed E-state index contributed by atoms with van der Waals surface area (Å²) in [4.78, 5) is 34.5. The molecular formula is C16H11N3O5S. The van der Waals surface area contributed by atoms with Gasteiger partial charge in [0.1, 0.15) is 5.76 Å². The van der Waals surface area contributed by atoms with Crippen molar-refractivity contribution in [3.8, 4) is 11.3 Å². The van der Waals surface area contributed by atoms with E-state index in [-0.39, 0.29) is 11.4 Å². The summed E-state index contributed by atoms with van der Waals surface area (Å²) in [7, 11) is 0. The zero-order valence-corrected chi connectivity index (χ0v) is 13.4. The number of benzene rings is 1. The standard InChI is InChI=1S/C16H11N3O5S/c20-15(17-18-16(21)14-5-2-8-25-14)13-7-6-12(24-13)10-3-1-4-11(9-10)19(22)23/h1-9H,(H,17,20)(H,18,21). The number of hydrogen-bond acceptors (Lipinski definition) is 6. The SMILES string of the molecule is O=C(NNC(=O)c1cccs1)c1ccc(-c2cccc([N+](=O)[O-])c2)o1. The first-order valence-electron chi connectivity index (χ1n) is 7.03. The molecule has 0 aliphatic heterocycles. The summed E-state index contributed by atoms with van der Waals surface area (Å²) in [6.45, 7) is 0. The van der Waals surface area contributed by atoms with Crippen molar-refractivity contribution >= 4 is 28.8 Å². The molecule has 0 saturated carbocycles. The molecule has 0 radical (unpaired) electrons. The van der Waals surface area contributed by atoms with E-state index in [9.17, 15) is 19.7 Å². The molecule has 0 bridgehead atoms. The first-order chi connectivity index (χ1) is 12.0. The molecule has 8 nitrogen and oxygen atoms in total. The molecule has 2 aromatic heterocycles. The Morgan fingerprint density at radius 1 is 1.04 bits per heavy atom. The lowest BCUT2D eigenvalue weighted by atomic mass is 10.1. The lowest BCUT2D eigenvalue weighted by Crippen LogP contribution is -2.41. The quantitative estimate of drug-likeness (QED) is 0.550. The van der Waals surface area contributed by atoms with Gasteiger partial charge in [0.2, 0.25) is 0 Å². The summed E-state index contributed by atoms with van der Waals surface area (Å²) in [5, 5.41) is 12.6. The van der Waals surface area contributed by atoms with Crippen LogP contribution in [0.1, 0.15) is 20.2 Å². The predicted octanol–water partition coefficient (Wildman–Crippen LogP) is 2.99. The Kier molecular flexibility index (Phi) is 4.57. The number of carbonyl (C=O) groups excluding carboxylic acids is 2. The molecule has 0 aliphatic carbocycles. The second-order valence-electron chi connectivity index (χ2n) is 4.86.